The molecule has 130 valence electrons. The zero-order valence-corrected chi connectivity index (χ0v) is 14.9. The van der Waals surface area contributed by atoms with Crippen LogP contribution < -0.4 is 0 Å². The van der Waals surface area contributed by atoms with Crippen molar-refractivity contribution in [3.63, 3.8) is 0 Å². The van der Waals surface area contributed by atoms with Gasteiger partial charge in [-0.1, -0.05) is 36.4 Å². The second-order valence-corrected chi connectivity index (χ2v) is 6.35. The molecule has 0 unspecified atom stereocenters. The highest BCUT2D eigenvalue weighted by Gasteiger charge is 2.13. The van der Waals surface area contributed by atoms with Gasteiger partial charge in [0.25, 0.3) is 0 Å². The van der Waals surface area contributed by atoms with E-state index in [1.54, 1.807) is 6.07 Å². The summed E-state index contributed by atoms with van der Waals surface area (Å²) in [5.41, 5.74) is 3.59. The molecule has 0 N–H and O–H groups in total. The molecule has 0 saturated carbocycles. The van der Waals surface area contributed by atoms with Crippen molar-refractivity contribution in [2.75, 3.05) is 6.61 Å². The minimum absolute atomic E-state index is 0.300. The Bertz CT molecular complexity index is 1110. The number of esters is 1. The molecule has 0 aliphatic heterocycles. The Labute approximate surface area is 152 Å². The van der Waals surface area contributed by atoms with Crippen molar-refractivity contribution in [3.8, 4) is 0 Å². The first kappa shape index (κ1) is 16.3. The van der Waals surface area contributed by atoms with Crippen molar-refractivity contribution in [2.45, 2.75) is 20.4 Å². The van der Waals surface area contributed by atoms with E-state index in [2.05, 4.69) is 45.9 Å². The van der Waals surface area contributed by atoms with Gasteiger partial charge in [0.2, 0.25) is 0 Å². The van der Waals surface area contributed by atoms with Crippen LogP contribution in [-0.2, 0) is 11.3 Å². The molecule has 0 fully saturated rings. The van der Waals surface area contributed by atoms with E-state index in [0.717, 1.165) is 16.9 Å². The van der Waals surface area contributed by atoms with Crippen LogP contribution in [0.1, 0.15) is 28.7 Å². The molecule has 0 aliphatic carbocycles. The minimum atomic E-state index is -0.300. The average Bonchev–Trinajstić information content (AvgIpc) is 2.96. The van der Waals surface area contributed by atoms with Crippen LogP contribution in [0.25, 0.3) is 21.8 Å². The predicted octanol–water partition coefficient (Wildman–Crippen LogP) is 4.72. The van der Waals surface area contributed by atoms with Crippen molar-refractivity contribution in [2.24, 2.45) is 0 Å². The predicted molar refractivity (Wildman–Crippen MR) is 103 cm³/mol. The number of hydrogen-bond acceptors (Lipinski definition) is 3. The van der Waals surface area contributed by atoms with Gasteiger partial charge >= 0.3 is 5.97 Å². The third-order valence-electron chi connectivity index (χ3n) is 4.60. The van der Waals surface area contributed by atoms with Crippen molar-refractivity contribution in [1.29, 1.82) is 0 Å². The van der Waals surface area contributed by atoms with Crippen LogP contribution in [0.5, 0.6) is 0 Å². The molecule has 4 nitrogen and oxygen atoms in total. The molecule has 3 aromatic carbocycles. The van der Waals surface area contributed by atoms with E-state index in [1.165, 1.54) is 16.3 Å². The second-order valence-electron chi connectivity index (χ2n) is 6.35. The Morgan fingerprint density at radius 2 is 1.85 bits per heavy atom. The molecular formula is C22H20N2O2. The summed E-state index contributed by atoms with van der Waals surface area (Å²) in [6.45, 7) is 4.88. The summed E-state index contributed by atoms with van der Waals surface area (Å²) in [6.07, 6.45) is 0. The Balaban J connectivity index is 1.75. The van der Waals surface area contributed by atoms with Crippen molar-refractivity contribution < 1.29 is 9.53 Å². The monoisotopic (exact) mass is 344 g/mol. The van der Waals surface area contributed by atoms with E-state index < -0.39 is 0 Å². The Morgan fingerprint density at radius 3 is 2.65 bits per heavy atom. The van der Waals surface area contributed by atoms with Gasteiger partial charge in [-0.2, -0.15) is 0 Å². The fraction of sp³-hybridized carbons (Fsp3) is 0.182. The summed E-state index contributed by atoms with van der Waals surface area (Å²) < 4.78 is 7.26. The first-order valence-electron chi connectivity index (χ1n) is 8.77. The highest BCUT2D eigenvalue weighted by Crippen LogP contribution is 2.22. The summed E-state index contributed by atoms with van der Waals surface area (Å²) in [5.74, 6) is 0.625. The van der Waals surface area contributed by atoms with Gasteiger partial charge in [0.05, 0.1) is 23.2 Å². The molecule has 1 heterocycles. The topological polar surface area (TPSA) is 44.1 Å². The number of rotatable bonds is 4. The van der Waals surface area contributed by atoms with Gasteiger partial charge in [-0.25, -0.2) is 9.78 Å². The fourth-order valence-corrected chi connectivity index (χ4v) is 3.30. The molecule has 4 heteroatoms. The van der Waals surface area contributed by atoms with Crippen LogP contribution in [-0.4, -0.2) is 22.1 Å². The van der Waals surface area contributed by atoms with Crippen LogP contribution in [0.2, 0.25) is 0 Å². The number of hydrogen-bond donors (Lipinski definition) is 0. The fourth-order valence-electron chi connectivity index (χ4n) is 3.30. The van der Waals surface area contributed by atoms with Gasteiger partial charge in [0, 0.05) is 6.54 Å². The van der Waals surface area contributed by atoms with Gasteiger partial charge in [0.1, 0.15) is 5.82 Å². The zero-order chi connectivity index (χ0) is 18.1. The zero-order valence-electron chi connectivity index (χ0n) is 14.9. The average molecular weight is 344 g/mol. The van der Waals surface area contributed by atoms with E-state index in [-0.39, 0.29) is 5.97 Å². The molecule has 4 rings (SSSR count). The minimum Gasteiger partial charge on any atom is -0.462 e. The van der Waals surface area contributed by atoms with Crippen LogP contribution in [0, 0.1) is 6.92 Å². The number of imidazole rings is 1. The van der Waals surface area contributed by atoms with Gasteiger partial charge < -0.3 is 9.30 Å². The number of nitrogens with zero attached hydrogens (tertiary/aromatic N) is 2. The number of ether oxygens (including phenoxy) is 1. The Morgan fingerprint density at radius 1 is 1.04 bits per heavy atom. The van der Waals surface area contributed by atoms with Gasteiger partial charge in [-0.15, -0.1) is 0 Å². The highest BCUT2D eigenvalue weighted by molar-refractivity contribution is 5.93. The van der Waals surface area contributed by atoms with Crippen LogP contribution in [0.15, 0.2) is 60.7 Å². The van der Waals surface area contributed by atoms with E-state index in [1.807, 2.05) is 32.0 Å². The third kappa shape index (κ3) is 2.94. The van der Waals surface area contributed by atoms with Crippen molar-refractivity contribution in [3.05, 3.63) is 77.6 Å². The standard InChI is InChI=1S/C22H20N2O2/c1-3-26-22(25)19-10-11-20-21(13-19)24(15(2)23-20)14-16-8-9-17-6-4-5-7-18(17)12-16/h4-13H,3,14H2,1-2H3. The summed E-state index contributed by atoms with van der Waals surface area (Å²) in [4.78, 5) is 16.7. The lowest BCUT2D eigenvalue weighted by Crippen LogP contribution is -2.06. The smallest absolute Gasteiger partial charge is 0.338 e. The number of carbonyl (C=O) groups excluding carboxylic acids is 1. The molecule has 0 spiro atoms. The molecule has 0 amide bonds. The number of benzene rings is 3. The van der Waals surface area contributed by atoms with E-state index >= 15 is 0 Å². The van der Waals surface area contributed by atoms with E-state index in [9.17, 15) is 4.79 Å². The highest BCUT2D eigenvalue weighted by atomic mass is 16.5. The maximum atomic E-state index is 12.1. The molecule has 1 aromatic heterocycles. The first-order valence-corrected chi connectivity index (χ1v) is 8.77. The van der Waals surface area contributed by atoms with Gasteiger partial charge in [-0.3, -0.25) is 0 Å². The quantitative estimate of drug-likeness (QED) is 0.503. The lowest BCUT2D eigenvalue weighted by atomic mass is 10.1. The Kier molecular flexibility index (Phi) is 4.17. The lowest BCUT2D eigenvalue weighted by molar-refractivity contribution is 0.0526. The lowest BCUT2D eigenvalue weighted by Gasteiger charge is -2.09. The molecular weight excluding hydrogens is 324 g/mol. The molecule has 0 radical (unpaired) electrons. The summed E-state index contributed by atoms with van der Waals surface area (Å²) in [6, 6.07) is 20.3. The van der Waals surface area contributed by atoms with Crippen LogP contribution in [0.4, 0.5) is 0 Å². The number of carbonyl (C=O) groups is 1. The van der Waals surface area contributed by atoms with E-state index in [0.29, 0.717) is 18.7 Å². The first-order chi connectivity index (χ1) is 12.7. The van der Waals surface area contributed by atoms with Gasteiger partial charge in [0.15, 0.2) is 0 Å². The number of fused-ring (bicyclic) bond motifs is 2. The third-order valence-corrected chi connectivity index (χ3v) is 4.60. The summed E-state index contributed by atoms with van der Waals surface area (Å²) in [5, 5.41) is 2.45. The molecule has 0 atom stereocenters. The largest absolute Gasteiger partial charge is 0.462 e. The second kappa shape index (κ2) is 6.64. The van der Waals surface area contributed by atoms with Gasteiger partial charge in [-0.05, 0) is 54.4 Å². The molecule has 0 bridgehead atoms. The number of aryl methyl sites for hydroxylation is 1. The van der Waals surface area contributed by atoms with Crippen LogP contribution in [0.3, 0.4) is 0 Å². The maximum Gasteiger partial charge on any atom is 0.338 e. The van der Waals surface area contributed by atoms with E-state index in [4.69, 9.17) is 4.74 Å². The molecule has 26 heavy (non-hydrogen) atoms. The SMILES string of the molecule is CCOC(=O)c1ccc2nc(C)n(Cc3ccc4ccccc4c3)c2c1. The molecule has 4 aromatic rings. The Hall–Kier alpha value is -3.14. The number of aromatic nitrogens is 2. The van der Waals surface area contributed by atoms with Crippen molar-refractivity contribution >= 4 is 27.8 Å². The normalized spacial score (nSPS) is 11.2. The maximum absolute atomic E-state index is 12.1. The van der Waals surface area contributed by atoms with Crippen LogP contribution >= 0.6 is 0 Å². The summed E-state index contributed by atoms with van der Waals surface area (Å²) >= 11 is 0. The molecule has 0 saturated heterocycles. The summed E-state index contributed by atoms with van der Waals surface area (Å²) in [7, 11) is 0. The molecule has 0 aliphatic rings. The van der Waals surface area contributed by atoms with Crippen molar-refractivity contribution in [1.82, 2.24) is 9.55 Å².